The molecule has 1 aliphatic heterocycles. The molecule has 4 heteroatoms. The standard InChI is InChI=1S/C13H17BrN2O/c14-13(15)12-4-2-1-3-11(12)5-6-16-7-9-17-10-8-16/h1-6,11-12,15H,7-10H2/b6-5+,15-13?. The lowest BCUT2D eigenvalue weighted by molar-refractivity contribution is 0.0592. The number of nitrogens with zero attached hydrogens (tertiary/aromatic N) is 1. The van der Waals surface area contributed by atoms with Gasteiger partial charge in [0.1, 0.15) is 0 Å². The third kappa shape index (κ3) is 3.54. The number of halogens is 1. The van der Waals surface area contributed by atoms with Crippen LogP contribution >= 0.6 is 15.9 Å². The SMILES string of the molecule is N=C(Br)C1C=CC=CC1/C=C/N1CCOCC1. The van der Waals surface area contributed by atoms with Crippen LogP contribution in [0.2, 0.25) is 0 Å². The van der Waals surface area contributed by atoms with Gasteiger partial charge in [0.25, 0.3) is 0 Å². The lowest BCUT2D eigenvalue weighted by Gasteiger charge is -2.26. The van der Waals surface area contributed by atoms with Crippen LogP contribution in [0.25, 0.3) is 0 Å². The van der Waals surface area contributed by atoms with E-state index in [-0.39, 0.29) is 11.8 Å². The third-order valence-corrected chi connectivity index (χ3v) is 3.56. The van der Waals surface area contributed by atoms with Crippen molar-refractivity contribution in [2.75, 3.05) is 26.3 Å². The zero-order valence-corrected chi connectivity index (χ0v) is 11.3. The summed E-state index contributed by atoms with van der Waals surface area (Å²) in [4.78, 5) is 2.27. The van der Waals surface area contributed by atoms with E-state index in [1.54, 1.807) is 0 Å². The molecule has 3 nitrogen and oxygen atoms in total. The van der Waals surface area contributed by atoms with Gasteiger partial charge in [-0.05, 0) is 22.1 Å². The largest absolute Gasteiger partial charge is 0.378 e. The molecule has 0 bridgehead atoms. The summed E-state index contributed by atoms with van der Waals surface area (Å²) in [6.07, 6.45) is 12.6. The smallest absolute Gasteiger partial charge is 0.0817 e. The molecule has 0 radical (unpaired) electrons. The highest BCUT2D eigenvalue weighted by atomic mass is 79.9. The van der Waals surface area contributed by atoms with Gasteiger partial charge in [0.15, 0.2) is 0 Å². The lowest BCUT2D eigenvalue weighted by atomic mass is 9.89. The number of nitrogens with one attached hydrogen (secondary N) is 1. The van der Waals surface area contributed by atoms with Crippen molar-refractivity contribution in [3.05, 3.63) is 36.6 Å². The van der Waals surface area contributed by atoms with Gasteiger partial charge in [-0.15, -0.1) is 0 Å². The van der Waals surface area contributed by atoms with Gasteiger partial charge >= 0.3 is 0 Å². The molecule has 0 spiro atoms. The summed E-state index contributed by atoms with van der Waals surface area (Å²) >= 11 is 3.27. The summed E-state index contributed by atoms with van der Waals surface area (Å²) in [6, 6.07) is 0. The molecular formula is C13H17BrN2O. The normalized spacial score (nSPS) is 28.9. The minimum atomic E-state index is 0.136. The minimum absolute atomic E-state index is 0.136. The van der Waals surface area contributed by atoms with E-state index in [1.807, 2.05) is 12.2 Å². The van der Waals surface area contributed by atoms with Gasteiger partial charge in [0, 0.05) is 24.9 Å². The molecule has 1 N–H and O–H groups in total. The van der Waals surface area contributed by atoms with Crippen LogP contribution in [-0.2, 0) is 4.74 Å². The Bertz CT molecular complexity index is 356. The van der Waals surface area contributed by atoms with Crippen LogP contribution in [0.3, 0.4) is 0 Å². The van der Waals surface area contributed by atoms with Crippen LogP contribution in [0.5, 0.6) is 0 Å². The van der Waals surface area contributed by atoms with Gasteiger partial charge < -0.3 is 9.64 Å². The Morgan fingerprint density at radius 3 is 2.71 bits per heavy atom. The van der Waals surface area contributed by atoms with E-state index in [0.717, 1.165) is 26.3 Å². The van der Waals surface area contributed by atoms with Crippen molar-refractivity contribution in [3.63, 3.8) is 0 Å². The van der Waals surface area contributed by atoms with Crippen molar-refractivity contribution in [1.82, 2.24) is 4.90 Å². The molecule has 2 unspecified atom stereocenters. The van der Waals surface area contributed by atoms with E-state index in [4.69, 9.17) is 10.1 Å². The maximum atomic E-state index is 7.71. The van der Waals surface area contributed by atoms with Crippen LogP contribution < -0.4 is 0 Å². The van der Waals surface area contributed by atoms with Crippen molar-refractivity contribution in [2.45, 2.75) is 0 Å². The molecule has 1 heterocycles. The third-order valence-electron chi connectivity index (χ3n) is 3.04. The van der Waals surface area contributed by atoms with Crippen LogP contribution in [0.15, 0.2) is 36.6 Å². The Labute approximate surface area is 110 Å². The first-order chi connectivity index (χ1) is 8.27. The van der Waals surface area contributed by atoms with Gasteiger partial charge in [-0.25, -0.2) is 0 Å². The predicted octanol–water partition coefficient (Wildman–Crippen LogP) is 2.56. The van der Waals surface area contributed by atoms with Gasteiger partial charge in [0.05, 0.1) is 17.8 Å². The highest BCUT2D eigenvalue weighted by molar-refractivity contribution is 9.18. The maximum Gasteiger partial charge on any atom is 0.0817 e. The molecule has 0 amide bonds. The van der Waals surface area contributed by atoms with Crippen molar-refractivity contribution >= 4 is 20.6 Å². The van der Waals surface area contributed by atoms with E-state index >= 15 is 0 Å². The van der Waals surface area contributed by atoms with Crippen molar-refractivity contribution in [1.29, 1.82) is 5.41 Å². The molecule has 1 aliphatic carbocycles. The summed E-state index contributed by atoms with van der Waals surface area (Å²) < 4.78 is 5.85. The number of allylic oxidation sites excluding steroid dienone is 5. The number of morpholine rings is 1. The molecule has 2 aliphatic rings. The predicted molar refractivity (Wildman–Crippen MR) is 73.4 cm³/mol. The van der Waals surface area contributed by atoms with E-state index < -0.39 is 0 Å². The van der Waals surface area contributed by atoms with Crippen molar-refractivity contribution < 1.29 is 4.74 Å². The zero-order chi connectivity index (χ0) is 12.1. The zero-order valence-electron chi connectivity index (χ0n) is 9.68. The molecule has 17 heavy (non-hydrogen) atoms. The Kier molecular flexibility index (Phi) is 4.57. The summed E-state index contributed by atoms with van der Waals surface area (Å²) in [6.45, 7) is 3.53. The number of rotatable bonds is 3. The van der Waals surface area contributed by atoms with E-state index in [0.29, 0.717) is 4.62 Å². The maximum absolute atomic E-state index is 7.71. The Morgan fingerprint density at radius 2 is 2.00 bits per heavy atom. The fourth-order valence-corrected chi connectivity index (χ4v) is 2.47. The molecular weight excluding hydrogens is 280 g/mol. The number of hydrogen-bond acceptors (Lipinski definition) is 3. The quantitative estimate of drug-likeness (QED) is 0.813. The average molecular weight is 297 g/mol. The lowest BCUT2D eigenvalue weighted by Crippen LogP contribution is -2.32. The Morgan fingerprint density at radius 1 is 1.29 bits per heavy atom. The second-order valence-electron chi connectivity index (χ2n) is 4.21. The molecule has 1 saturated heterocycles. The second-order valence-corrected chi connectivity index (χ2v) is 5.07. The van der Waals surface area contributed by atoms with Gasteiger partial charge in [0.2, 0.25) is 0 Å². The Hall–Kier alpha value is -0.870. The molecule has 0 aromatic heterocycles. The van der Waals surface area contributed by atoms with Gasteiger partial charge in [-0.2, -0.15) is 0 Å². The van der Waals surface area contributed by atoms with Crippen LogP contribution in [0.4, 0.5) is 0 Å². The molecule has 92 valence electrons. The van der Waals surface area contributed by atoms with Gasteiger partial charge in [-0.1, -0.05) is 30.4 Å². The highest BCUT2D eigenvalue weighted by Crippen LogP contribution is 2.24. The van der Waals surface area contributed by atoms with Crippen molar-refractivity contribution in [3.8, 4) is 0 Å². The van der Waals surface area contributed by atoms with Crippen molar-refractivity contribution in [2.24, 2.45) is 11.8 Å². The Balaban J connectivity index is 1.96. The van der Waals surface area contributed by atoms with E-state index in [2.05, 4.69) is 45.3 Å². The fourth-order valence-electron chi connectivity index (χ4n) is 2.01. The summed E-state index contributed by atoms with van der Waals surface area (Å²) in [5.41, 5.74) is 0. The first kappa shape index (κ1) is 12.6. The topological polar surface area (TPSA) is 36.3 Å². The second kappa shape index (κ2) is 6.17. The molecule has 0 aromatic rings. The van der Waals surface area contributed by atoms with Gasteiger partial charge in [-0.3, -0.25) is 5.41 Å². The molecule has 0 aromatic carbocycles. The van der Waals surface area contributed by atoms with E-state index in [1.165, 1.54) is 0 Å². The van der Waals surface area contributed by atoms with Crippen LogP contribution in [0.1, 0.15) is 0 Å². The first-order valence-corrected chi connectivity index (χ1v) is 6.66. The summed E-state index contributed by atoms with van der Waals surface area (Å²) in [5.74, 6) is 0.409. The summed E-state index contributed by atoms with van der Waals surface area (Å²) in [5, 5.41) is 7.71. The van der Waals surface area contributed by atoms with E-state index in [9.17, 15) is 0 Å². The summed E-state index contributed by atoms with van der Waals surface area (Å²) in [7, 11) is 0. The molecule has 2 rings (SSSR count). The average Bonchev–Trinajstić information content (AvgIpc) is 2.38. The number of hydrogen-bond donors (Lipinski definition) is 1. The molecule has 1 fully saturated rings. The molecule has 2 atom stereocenters. The van der Waals surface area contributed by atoms with Crippen LogP contribution in [-0.4, -0.2) is 35.8 Å². The first-order valence-electron chi connectivity index (χ1n) is 5.86. The van der Waals surface area contributed by atoms with Crippen LogP contribution in [0, 0.1) is 17.2 Å². The highest BCUT2D eigenvalue weighted by Gasteiger charge is 2.19. The number of ether oxygens (including phenoxy) is 1. The minimum Gasteiger partial charge on any atom is -0.378 e. The monoisotopic (exact) mass is 296 g/mol. The fraction of sp³-hybridized carbons (Fsp3) is 0.462. The molecule has 0 saturated carbocycles.